The van der Waals surface area contributed by atoms with Crippen molar-refractivity contribution in [1.82, 2.24) is 10.3 Å². The number of rotatable bonds is 3. The lowest BCUT2D eigenvalue weighted by atomic mass is 9.93. The minimum atomic E-state index is -0.128. The highest BCUT2D eigenvalue weighted by molar-refractivity contribution is 5.92. The van der Waals surface area contributed by atoms with E-state index >= 15 is 0 Å². The van der Waals surface area contributed by atoms with E-state index in [1.54, 1.807) is 18.2 Å². The third-order valence-electron chi connectivity index (χ3n) is 2.57. The van der Waals surface area contributed by atoms with E-state index in [1.165, 1.54) is 6.42 Å². The van der Waals surface area contributed by atoms with Crippen LogP contribution in [0.15, 0.2) is 18.2 Å². The van der Waals surface area contributed by atoms with E-state index in [1.807, 2.05) is 0 Å². The van der Waals surface area contributed by atoms with Gasteiger partial charge in [0.25, 0.3) is 5.91 Å². The Labute approximate surface area is 88.0 Å². The van der Waals surface area contributed by atoms with Crippen LogP contribution in [0.1, 0.15) is 29.8 Å². The van der Waals surface area contributed by atoms with E-state index in [2.05, 4.69) is 15.7 Å². The first kappa shape index (κ1) is 9.92. The highest BCUT2D eigenvalue weighted by Gasteiger charge is 2.20. The second-order valence-electron chi connectivity index (χ2n) is 3.65. The summed E-state index contributed by atoms with van der Waals surface area (Å²) in [5.41, 5.74) is 2.81. The van der Waals surface area contributed by atoms with Crippen LogP contribution >= 0.6 is 0 Å². The van der Waals surface area contributed by atoms with E-state index in [-0.39, 0.29) is 5.91 Å². The van der Waals surface area contributed by atoms with Crippen molar-refractivity contribution < 1.29 is 4.79 Å². The Kier molecular flexibility index (Phi) is 2.82. The van der Waals surface area contributed by atoms with Crippen LogP contribution in [0.3, 0.4) is 0 Å². The van der Waals surface area contributed by atoms with Crippen molar-refractivity contribution in [3.8, 4) is 0 Å². The highest BCUT2D eigenvalue weighted by Crippen LogP contribution is 2.18. The first-order valence-electron chi connectivity index (χ1n) is 5.04. The van der Waals surface area contributed by atoms with E-state index in [4.69, 9.17) is 5.84 Å². The number of nitrogens with two attached hydrogens (primary N) is 1. The molecule has 0 aromatic carbocycles. The van der Waals surface area contributed by atoms with E-state index < -0.39 is 0 Å². The first-order chi connectivity index (χ1) is 7.29. The molecule has 1 aromatic heterocycles. The molecule has 4 N–H and O–H groups in total. The number of anilines is 1. The van der Waals surface area contributed by atoms with Gasteiger partial charge in [-0.05, 0) is 31.4 Å². The van der Waals surface area contributed by atoms with Crippen molar-refractivity contribution in [3.63, 3.8) is 0 Å². The molecule has 1 fully saturated rings. The molecule has 15 heavy (non-hydrogen) atoms. The fraction of sp³-hybridized carbons (Fsp3) is 0.400. The molecular formula is C10H14N4O. The average molecular weight is 206 g/mol. The molecule has 0 aliphatic heterocycles. The van der Waals surface area contributed by atoms with Gasteiger partial charge in [0.15, 0.2) is 0 Å². The smallest absolute Gasteiger partial charge is 0.270 e. The topological polar surface area (TPSA) is 80.0 Å². The lowest BCUT2D eigenvalue weighted by Gasteiger charge is -2.26. The summed E-state index contributed by atoms with van der Waals surface area (Å²) in [5.74, 6) is 5.58. The Bertz CT molecular complexity index is 362. The Hall–Kier alpha value is -1.62. The Morgan fingerprint density at radius 2 is 2.27 bits per heavy atom. The van der Waals surface area contributed by atoms with Gasteiger partial charge in [0, 0.05) is 6.04 Å². The zero-order valence-corrected chi connectivity index (χ0v) is 8.36. The minimum Gasteiger partial charge on any atom is -0.348 e. The summed E-state index contributed by atoms with van der Waals surface area (Å²) < 4.78 is 0. The quantitative estimate of drug-likeness (QED) is 0.501. The van der Waals surface area contributed by atoms with Gasteiger partial charge >= 0.3 is 0 Å². The van der Waals surface area contributed by atoms with Crippen LogP contribution in [-0.4, -0.2) is 16.9 Å². The van der Waals surface area contributed by atoms with Gasteiger partial charge in [0.05, 0.1) is 0 Å². The van der Waals surface area contributed by atoms with Crippen molar-refractivity contribution in [2.75, 3.05) is 5.43 Å². The molecule has 0 bridgehead atoms. The summed E-state index contributed by atoms with van der Waals surface area (Å²) in [6.45, 7) is 0. The van der Waals surface area contributed by atoms with Crippen molar-refractivity contribution in [3.05, 3.63) is 23.9 Å². The zero-order valence-electron chi connectivity index (χ0n) is 8.36. The van der Waals surface area contributed by atoms with E-state index in [0.29, 0.717) is 17.6 Å². The second-order valence-corrected chi connectivity index (χ2v) is 3.65. The molecule has 1 aliphatic rings. The number of hydrogen-bond acceptors (Lipinski definition) is 4. The Balaban J connectivity index is 2.03. The maximum Gasteiger partial charge on any atom is 0.270 e. The van der Waals surface area contributed by atoms with Crippen LogP contribution in [-0.2, 0) is 0 Å². The van der Waals surface area contributed by atoms with Gasteiger partial charge in [-0.25, -0.2) is 10.8 Å². The fourth-order valence-electron chi connectivity index (χ4n) is 1.45. The highest BCUT2D eigenvalue weighted by atomic mass is 16.1. The van der Waals surface area contributed by atoms with Gasteiger partial charge in [-0.3, -0.25) is 4.79 Å². The third kappa shape index (κ3) is 2.24. The largest absolute Gasteiger partial charge is 0.348 e. The molecule has 5 heteroatoms. The summed E-state index contributed by atoms with van der Waals surface area (Å²) in [6.07, 6.45) is 3.34. The van der Waals surface area contributed by atoms with Crippen molar-refractivity contribution in [2.45, 2.75) is 25.3 Å². The van der Waals surface area contributed by atoms with E-state index in [9.17, 15) is 4.79 Å². The molecule has 2 rings (SSSR count). The molecular weight excluding hydrogens is 192 g/mol. The standard InChI is InChI=1S/C10H14N4O/c11-14-9-6-2-5-8(13-9)10(15)12-7-3-1-4-7/h2,5-7H,1,3-4,11H2,(H,12,15)(H,13,14). The van der Waals surface area contributed by atoms with Crippen LogP contribution in [0.2, 0.25) is 0 Å². The van der Waals surface area contributed by atoms with Crippen molar-refractivity contribution in [1.29, 1.82) is 0 Å². The third-order valence-corrected chi connectivity index (χ3v) is 2.57. The van der Waals surface area contributed by atoms with Gasteiger partial charge in [-0.15, -0.1) is 0 Å². The fourth-order valence-corrected chi connectivity index (χ4v) is 1.45. The van der Waals surface area contributed by atoms with Crippen LogP contribution in [0.5, 0.6) is 0 Å². The zero-order chi connectivity index (χ0) is 10.7. The van der Waals surface area contributed by atoms with Crippen molar-refractivity contribution >= 4 is 11.7 Å². The molecule has 1 saturated carbocycles. The summed E-state index contributed by atoms with van der Waals surface area (Å²) in [7, 11) is 0. The molecule has 1 aromatic rings. The maximum absolute atomic E-state index is 11.7. The molecule has 1 heterocycles. The van der Waals surface area contributed by atoms with Gasteiger partial charge in [-0.1, -0.05) is 6.07 Å². The van der Waals surface area contributed by atoms with Gasteiger partial charge in [-0.2, -0.15) is 0 Å². The summed E-state index contributed by atoms with van der Waals surface area (Å²) >= 11 is 0. The number of nitrogens with zero attached hydrogens (tertiary/aromatic N) is 1. The number of carbonyl (C=O) groups excluding carboxylic acids is 1. The normalized spacial score (nSPS) is 15.5. The molecule has 80 valence electrons. The van der Waals surface area contributed by atoms with Crippen LogP contribution in [0, 0.1) is 0 Å². The summed E-state index contributed by atoms with van der Waals surface area (Å²) in [4.78, 5) is 15.7. The van der Waals surface area contributed by atoms with Gasteiger partial charge < -0.3 is 10.7 Å². The SMILES string of the molecule is NNc1cccc(C(=O)NC2CCC2)n1. The second kappa shape index (κ2) is 4.27. The monoisotopic (exact) mass is 206 g/mol. The van der Waals surface area contributed by atoms with Gasteiger partial charge in [0.1, 0.15) is 11.5 Å². The number of amides is 1. The number of carbonyl (C=O) groups is 1. The lowest BCUT2D eigenvalue weighted by molar-refractivity contribution is 0.0912. The molecule has 0 spiro atoms. The van der Waals surface area contributed by atoms with Crippen LogP contribution in [0.25, 0.3) is 0 Å². The van der Waals surface area contributed by atoms with Gasteiger partial charge in [0.2, 0.25) is 0 Å². The predicted octanol–water partition coefficient (Wildman–Crippen LogP) is 0.649. The molecule has 0 saturated heterocycles. The Morgan fingerprint density at radius 3 is 2.87 bits per heavy atom. The molecule has 1 aliphatic carbocycles. The number of hydrogen-bond donors (Lipinski definition) is 3. The molecule has 1 amide bonds. The summed E-state index contributed by atoms with van der Waals surface area (Å²) in [6, 6.07) is 5.46. The van der Waals surface area contributed by atoms with Crippen LogP contribution in [0.4, 0.5) is 5.82 Å². The molecule has 0 atom stereocenters. The van der Waals surface area contributed by atoms with Crippen molar-refractivity contribution in [2.24, 2.45) is 5.84 Å². The number of aromatic nitrogens is 1. The molecule has 0 radical (unpaired) electrons. The summed E-state index contributed by atoms with van der Waals surface area (Å²) in [5, 5.41) is 2.91. The number of hydrazine groups is 1. The maximum atomic E-state index is 11.7. The molecule has 0 unspecified atom stereocenters. The number of nitrogen functional groups attached to an aromatic ring is 1. The Morgan fingerprint density at radius 1 is 1.47 bits per heavy atom. The lowest BCUT2D eigenvalue weighted by Crippen LogP contribution is -2.39. The van der Waals surface area contributed by atoms with E-state index in [0.717, 1.165) is 12.8 Å². The number of pyridine rings is 1. The average Bonchev–Trinajstić information content (AvgIpc) is 2.23. The predicted molar refractivity (Wildman–Crippen MR) is 57.2 cm³/mol. The van der Waals surface area contributed by atoms with Crippen LogP contribution < -0.4 is 16.6 Å². The first-order valence-corrected chi connectivity index (χ1v) is 5.04. The molecule has 5 nitrogen and oxygen atoms in total. The number of nitrogens with one attached hydrogen (secondary N) is 2. The minimum absolute atomic E-state index is 0.128.